The van der Waals surface area contributed by atoms with Crippen LogP contribution in [0, 0.1) is 12.8 Å². The predicted molar refractivity (Wildman–Crippen MR) is 84.8 cm³/mol. The second-order valence-corrected chi connectivity index (χ2v) is 5.99. The van der Waals surface area contributed by atoms with Gasteiger partial charge in [-0.3, -0.25) is 0 Å². The van der Waals surface area contributed by atoms with Crippen LogP contribution in [0.4, 0.5) is 0 Å². The molecular formula is C19H23N. The molecule has 2 unspecified atom stereocenters. The third kappa shape index (κ3) is 2.94. The Hall–Kier alpha value is -1.60. The topological polar surface area (TPSA) is 12.0 Å². The molecule has 0 saturated heterocycles. The van der Waals surface area contributed by atoms with E-state index in [1.807, 2.05) is 0 Å². The largest absolute Gasteiger partial charge is 0.303 e. The average Bonchev–Trinajstić information content (AvgIpc) is 3.31. The normalized spacial score (nSPS) is 17.7. The van der Waals surface area contributed by atoms with Crippen LogP contribution in [-0.4, -0.2) is 6.04 Å². The lowest BCUT2D eigenvalue weighted by molar-refractivity contribution is 0.456. The van der Waals surface area contributed by atoms with Gasteiger partial charge in [0.05, 0.1) is 6.04 Å². The quantitative estimate of drug-likeness (QED) is 0.841. The molecule has 0 aliphatic heterocycles. The predicted octanol–water partition coefficient (Wildman–Crippen LogP) is 4.47. The smallest absolute Gasteiger partial charge is 0.0581 e. The summed E-state index contributed by atoms with van der Waals surface area (Å²) in [6, 6.07) is 20.4. The van der Waals surface area contributed by atoms with Crippen LogP contribution >= 0.6 is 0 Å². The molecule has 1 nitrogen and oxygen atoms in total. The fourth-order valence-electron chi connectivity index (χ4n) is 2.92. The van der Waals surface area contributed by atoms with E-state index >= 15 is 0 Å². The van der Waals surface area contributed by atoms with Crippen LogP contribution < -0.4 is 5.32 Å². The molecule has 1 aliphatic rings. The molecule has 2 aromatic rings. The summed E-state index contributed by atoms with van der Waals surface area (Å²) in [5, 5.41) is 3.85. The van der Waals surface area contributed by atoms with Crippen molar-refractivity contribution in [3.63, 3.8) is 0 Å². The monoisotopic (exact) mass is 265 g/mol. The number of rotatable bonds is 5. The molecule has 104 valence electrons. The summed E-state index contributed by atoms with van der Waals surface area (Å²) >= 11 is 0. The number of nitrogens with one attached hydrogen (secondary N) is 1. The van der Waals surface area contributed by atoms with Gasteiger partial charge in [-0.1, -0.05) is 54.6 Å². The van der Waals surface area contributed by atoms with Crippen molar-refractivity contribution >= 4 is 0 Å². The Morgan fingerprint density at radius 1 is 0.950 bits per heavy atom. The Balaban J connectivity index is 1.92. The summed E-state index contributed by atoms with van der Waals surface area (Å²) in [5.41, 5.74) is 4.11. The molecule has 1 saturated carbocycles. The summed E-state index contributed by atoms with van der Waals surface area (Å²) < 4.78 is 0. The van der Waals surface area contributed by atoms with Crippen molar-refractivity contribution in [2.45, 2.75) is 38.8 Å². The molecule has 0 heterocycles. The van der Waals surface area contributed by atoms with E-state index in [0.717, 1.165) is 5.92 Å². The standard InChI is InChI=1S/C19H23N/c1-14-8-6-7-11-18(14)19(17-9-4-3-5-10-17)20-15(2)16-12-13-16/h3-11,15-16,19-20H,12-13H2,1-2H3. The van der Waals surface area contributed by atoms with Gasteiger partial charge < -0.3 is 5.32 Å². The molecule has 0 radical (unpaired) electrons. The molecule has 0 spiro atoms. The highest BCUT2D eigenvalue weighted by Crippen LogP contribution is 2.35. The maximum atomic E-state index is 3.85. The van der Waals surface area contributed by atoms with E-state index < -0.39 is 0 Å². The van der Waals surface area contributed by atoms with E-state index in [2.05, 4.69) is 73.8 Å². The van der Waals surface area contributed by atoms with Gasteiger partial charge in [-0.05, 0) is 49.3 Å². The molecule has 2 atom stereocenters. The molecule has 2 aromatic carbocycles. The van der Waals surface area contributed by atoms with E-state index in [9.17, 15) is 0 Å². The zero-order valence-electron chi connectivity index (χ0n) is 12.3. The second kappa shape index (κ2) is 5.80. The summed E-state index contributed by atoms with van der Waals surface area (Å²) in [6.45, 7) is 4.53. The van der Waals surface area contributed by atoms with Crippen molar-refractivity contribution in [3.8, 4) is 0 Å². The van der Waals surface area contributed by atoms with Crippen LogP contribution in [0.2, 0.25) is 0 Å². The minimum absolute atomic E-state index is 0.299. The molecule has 20 heavy (non-hydrogen) atoms. The van der Waals surface area contributed by atoms with Crippen molar-refractivity contribution in [1.82, 2.24) is 5.32 Å². The molecule has 1 heteroatoms. The Morgan fingerprint density at radius 2 is 1.60 bits per heavy atom. The third-order valence-corrected chi connectivity index (χ3v) is 4.39. The molecule has 1 N–H and O–H groups in total. The highest BCUT2D eigenvalue weighted by molar-refractivity contribution is 5.36. The second-order valence-electron chi connectivity index (χ2n) is 5.99. The number of hydrogen-bond donors (Lipinski definition) is 1. The molecule has 0 aromatic heterocycles. The minimum atomic E-state index is 0.299. The minimum Gasteiger partial charge on any atom is -0.303 e. The van der Waals surface area contributed by atoms with E-state index in [1.165, 1.54) is 29.5 Å². The Kier molecular flexibility index (Phi) is 3.88. The van der Waals surface area contributed by atoms with Gasteiger partial charge in [-0.2, -0.15) is 0 Å². The lowest BCUT2D eigenvalue weighted by atomic mass is 9.94. The first-order valence-corrected chi connectivity index (χ1v) is 7.62. The van der Waals surface area contributed by atoms with Gasteiger partial charge >= 0.3 is 0 Å². The average molecular weight is 265 g/mol. The van der Waals surface area contributed by atoms with Gasteiger partial charge in [0.25, 0.3) is 0 Å². The molecule has 1 fully saturated rings. The summed E-state index contributed by atoms with van der Waals surface area (Å²) in [4.78, 5) is 0. The van der Waals surface area contributed by atoms with Crippen molar-refractivity contribution < 1.29 is 0 Å². The van der Waals surface area contributed by atoms with Crippen LogP contribution in [0.3, 0.4) is 0 Å². The highest BCUT2D eigenvalue weighted by Gasteiger charge is 2.30. The van der Waals surface area contributed by atoms with Crippen LogP contribution in [-0.2, 0) is 0 Å². The lowest BCUT2D eigenvalue weighted by Crippen LogP contribution is -2.33. The fourth-order valence-corrected chi connectivity index (χ4v) is 2.92. The Bertz CT molecular complexity index is 557. The SMILES string of the molecule is Cc1ccccc1C(NC(C)C1CC1)c1ccccc1. The van der Waals surface area contributed by atoms with Gasteiger partial charge in [0.2, 0.25) is 0 Å². The number of hydrogen-bond acceptors (Lipinski definition) is 1. The zero-order valence-corrected chi connectivity index (χ0v) is 12.3. The molecule has 0 bridgehead atoms. The van der Waals surface area contributed by atoms with Gasteiger partial charge in [0.1, 0.15) is 0 Å². The first-order chi connectivity index (χ1) is 9.75. The van der Waals surface area contributed by atoms with Crippen molar-refractivity contribution in [2.75, 3.05) is 0 Å². The van der Waals surface area contributed by atoms with Crippen LogP contribution in [0.15, 0.2) is 54.6 Å². The maximum Gasteiger partial charge on any atom is 0.0581 e. The van der Waals surface area contributed by atoms with E-state index in [1.54, 1.807) is 0 Å². The first-order valence-electron chi connectivity index (χ1n) is 7.62. The molecule has 3 rings (SSSR count). The van der Waals surface area contributed by atoms with Crippen LogP contribution in [0.1, 0.15) is 42.5 Å². The molecular weight excluding hydrogens is 242 g/mol. The van der Waals surface area contributed by atoms with Crippen molar-refractivity contribution in [2.24, 2.45) is 5.92 Å². The van der Waals surface area contributed by atoms with E-state index in [4.69, 9.17) is 0 Å². The van der Waals surface area contributed by atoms with E-state index in [0.29, 0.717) is 12.1 Å². The van der Waals surface area contributed by atoms with Gasteiger partial charge in [0, 0.05) is 6.04 Å². The summed E-state index contributed by atoms with van der Waals surface area (Å²) in [7, 11) is 0. The first kappa shape index (κ1) is 13.4. The van der Waals surface area contributed by atoms with Crippen LogP contribution in [0.5, 0.6) is 0 Å². The zero-order chi connectivity index (χ0) is 13.9. The van der Waals surface area contributed by atoms with Crippen molar-refractivity contribution in [3.05, 3.63) is 71.3 Å². The number of benzene rings is 2. The highest BCUT2D eigenvalue weighted by atomic mass is 15.0. The Labute approximate surface area is 122 Å². The van der Waals surface area contributed by atoms with Gasteiger partial charge in [-0.25, -0.2) is 0 Å². The number of aryl methyl sites for hydroxylation is 1. The fraction of sp³-hybridized carbons (Fsp3) is 0.368. The molecule has 0 amide bonds. The Morgan fingerprint density at radius 3 is 2.25 bits per heavy atom. The third-order valence-electron chi connectivity index (χ3n) is 4.39. The molecule has 1 aliphatic carbocycles. The summed E-state index contributed by atoms with van der Waals surface area (Å²) in [6.07, 6.45) is 2.76. The van der Waals surface area contributed by atoms with Crippen molar-refractivity contribution in [1.29, 1.82) is 0 Å². The van der Waals surface area contributed by atoms with Gasteiger partial charge in [0.15, 0.2) is 0 Å². The van der Waals surface area contributed by atoms with Gasteiger partial charge in [-0.15, -0.1) is 0 Å². The lowest BCUT2D eigenvalue weighted by Gasteiger charge is -2.25. The van der Waals surface area contributed by atoms with E-state index in [-0.39, 0.29) is 0 Å². The summed E-state index contributed by atoms with van der Waals surface area (Å²) in [5.74, 6) is 0.866. The van der Waals surface area contributed by atoms with Crippen LogP contribution in [0.25, 0.3) is 0 Å². The maximum absolute atomic E-state index is 3.85.